The van der Waals surface area contributed by atoms with E-state index in [0.29, 0.717) is 5.92 Å². The number of carbonyl (C=O) groups is 10. The third-order valence-electron chi connectivity index (χ3n) is 9.64. The molecule has 0 saturated carbocycles. The van der Waals surface area contributed by atoms with Crippen molar-refractivity contribution in [2.45, 2.75) is 115 Å². The average Bonchev–Trinajstić information content (AvgIpc) is 3.24. The Morgan fingerprint density at radius 1 is 0.652 bits per heavy atom. The van der Waals surface area contributed by atoms with Crippen molar-refractivity contribution in [3.8, 4) is 5.75 Å². The molecule has 0 aliphatic heterocycles. The van der Waals surface area contributed by atoms with Crippen LogP contribution in [0.4, 0.5) is 0 Å². The average molecular weight is 935 g/mol. The van der Waals surface area contributed by atoms with Crippen molar-refractivity contribution in [3.63, 3.8) is 0 Å². The molecule has 0 aliphatic carbocycles. The molecule has 0 heterocycles. The molecule has 0 aliphatic rings. The largest absolute Gasteiger partial charge is 0.508 e. The highest BCUT2D eigenvalue weighted by Crippen LogP contribution is 2.13. The number of hydrogen-bond donors (Lipinski definition) is 14. The van der Waals surface area contributed by atoms with E-state index in [1.165, 1.54) is 36.4 Å². The van der Waals surface area contributed by atoms with E-state index >= 15 is 0 Å². The molecule has 3 unspecified atom stereocenters. The normalized spacial score (nSPS) is 15.4. The lowest BCUT2D eigenvalue weighted by molar-refractivity contribution is -0.152. The van der Waals surface area contributed by atoms with Crippen LogP contribution in [0.15, 0.2) is 48.6 Å². The monoisotopic (exact) mass is 934 g/mol. The Bertz CT molecular complexity index is 1920. The predicted octanol–water partition coefficient (Wildman–Crippen LogP) is -3.67. The van der Waals surface area contributed by atoms with Crippen LogP contribution in [-0.2, 0) is 54.4 Å². The van der Waals surface area contributed by atoms with E-state index in [0.717, 1.165) is 26.2 Å². The van der Waals surface area contributed by atoms with Crippen LogP contribution >= 0.6 is 0 Å². The zero-order chi connectivity index (χ0) is 50.3. The van der Waals surface area contributed by atoms with Crippen molar-refractivity contribution in [3.05, 3.63) is 54.1 Å². The first-order valence-corrected chi connectivity index (χ1v) is 20.8. The van der Waals surface area contributed by atoms with Crippen LogP contribution < -0.4 is 43.0 Å². The molecule has 24 nitrogen and oxygen atoms in total. The predicted molar refractivity (Wildman–Crippen MR) is 232 cm³/mol. The van der Waals surface area contributed by atoms with Crippen LogP contribution in [0.2, 0.25) is 0 Å². The van der Waals surface area contributed by atoms with Crippen molar-refractivity contribution in [1.82, 2.24) is 37.2 Å². The number of hydrogen-bond acceptors (Lipinski definition) is 14. The molecule has 8 amide bonds. The zero-order valence-electron chi connectivity index (χ0n) is 37.2. The molecule has 1 aromatic carbocycles. The molecule has 0 spiro atoms. The smallest absolute Gasteiger partial charge is 0.335 e. The fourth-order valence-electron chi connectivity index (χ4n) is 5.69. The number of phenolic OH excluding ortho intramolecular Hbond substituents is 1. The molecule has 0 fully saturated rings. The number of allylic oxidation sites excluding steroid dienone is 3. The number of aliphatic hydroxyl groups is 3. The Hall–Kier alpha value is -6.92. The van der Waals surface area contributed by atoms with Crippen molar-refractivity contribution in [2.75, 3.05) is 13.1 Å². The summed E-state index contributed by atoms with van der Waals surface area (Å²) >= 11 is 0. The van der Waals surface area contributed by atoms with Crippen molar-refractivity contribution in [1.29, 1.82) is 0 Å². The summed E-state index contributed by atoms with van der Waals surface area (Å²) in [5, 5.41) is 74.4. The second kappa shape index (κ2) is 28.8. The summed E-state index contributed by atoms with van der Waals surface area (Å²) in [4.78, 5) is 126. The Balaban J connectivity index is 3.24. The minimum Gasteiger partial charge on any atom is -0.508 e. The fourth-order valence-corrected chi connectivity index (χ4v) is 5.69. The number of nitrogens with two attached hydrogens (primary N) is 1. The highest BCUT2D eigenvalue weighted by molar-refractivity contribution is 5.99. The highest BCUT2D eigenvalue weighted by Gasteiger charge is 2.39. The number of aliphatic carboxylic acids is 2. The number of carboxylic acid groups (broad SMARTS) is 2. The first kappa shape index (κ1) is 57.1. The first-order chi connectivity index (χ1) is 30.9. The molecule has 1 rings (SSSR count). The molecule has 9 atom stereocenters. The van der Waals surface area contributed by atoms with Crippen LogP contribution in [0.25, 0.3) is 0 Å². The Morgan fingerprint density at radius 3 is 1.73 bits per heavy atom. The molecule has 66 heavy (non-hydrogen) atoms. The van der Waals surface area contributed by atoms with Gasteiger partial charge < -0.3 is 73.6 Å². The van der Waals surface area contributed by atoms with E-state index in [9.17, 15) is 73.5 Å². The molecule has 0 bridgehead atoms. The number of primary amides is 1. The van der Waals surface area contributed by atoms with Crippen LogP contribution in [0, 0.1) is 11.8 Å². The quantitative estimate of drug-likeness (QED) is 0.0272. The van der Waals surface area contributed by atoms with Gasteiger partial charge in [0.15, 0.2) is 12.2 Å². The van der Waals surface area contributed by atoms with Crippen molar-refractivity contribution in [2.24, 2.45) is 17.6 Å². The maximum Gasteiger partial charge on any atom is 0.335 e. The molecule has 0 saturated heterocycles. The maximum absolute atomic E-state index is 13.9. The number of nitrogens with one attached hydrogen (secondary N) is 7. The fraction of sp³-hybridized carbons (Fsp3) is 0.524. The van der Waals surface area contributed by atoms with Gasteiger partial charge in [-0.05, 0) is 55.7 Å². The molecular weight excluding hydrogens is 873 g/mol. The minimum absolute atomic E-state index is 0.167. The summed E-state index contributed by atoms with van der Waals surface area (Å²) in [6, 6.07) is -4.63. The number of phenols is 1. The van der Waals surface area contributed by atoms with Gasteiger partial charge in [-0.15, -0.1) is 0 Å². The van der Waals surface area contributed by atoms with Gasteiger partial charge in [0.2, 0.25) is 47.3 Å². The maximum atomic E-state index is 13.9. The number of aliphatic hydroxyl groups excluding tert-OH is 3. The number of carboxylic acids is 2. The van der Waals surface area contributed by atoms with Gasteiger partial charge in [-0.2, -0.15) is 0 Å². The van der Waals surface area contributed by atoms with Gasteiger partial charge in [-0.25, -0.2) is 9.59 Å². The third-order valence-corrected chi connectivity index (χ3v) is 9.64. The number of benzene rings is 1. The van der Waals surface area contributed by atoms with E-state index in [2.05, 4.69) is 40.4 Å². The van der Waals surface area contributed by atoms with E-state index in [-0.39, 0.29) is 23.7 Å². The van der Waals surface area contributed by atoms with E-state index in [1.807, 2.05) is 16.7 Å². The van der Waals surface area contributed by atoms with Crippen LogP contribution in [0.5, 0.6) is 5.75 Å². The van der Waals surface area contributed by atoms with Gasteiger partial charge in [0.25, 0.3) is 0 Å². The number of carbonyl (C=O) groups excluding carboxylic acids is 8. The van der Waals surface area contributed by atoms with Crippen LogP contribution in [0.1, 0.15) is 65.9 Å². The van der Waals surface area contributed by atoms with E-state index in [1.54, 1.807) is 19.9 Å². The second-order valence-electron chi connectivity index (χ2n) is 15.7. The molecule has 0 aromatic heterocycles. The molecule has 15 N–H and O–H groups in total. The highest BCUT2D eigenvalue weighted by atomic mass is 16.4. The minimum atomic E-state index is -2.64. The van der Waals surface area contributed by atoms with E-state index in [4.69, 9.17) is 10.8 Å². The first-order valence-electron chi connectivity index (χ1n) is 20.8. The molecule has 24 heteroatoms. The lowest BCUT2D eigenvalue weighted by Gasteiger charge is -2.29. The van der Waals surface area contributed by atoms with Crippen LogP contribution in [0.3, 0.4) is 0 Å². The topological polar surface area (TPSA) is 402 Å². The van der Waals surface area contributed by atoms with Gasteiger partial charge in [-0.1, -0.05) is 64.5 Å². The molecule has 0 radical (unpaired) electrons. The van der Waals surface area contributed by atoms with Gasteiger partial charge in [0, 0.05) is 12.5 Å². The summed E-state index contributed by atoms with van der Waals surface area (Å²) in [5.74, 6) is -13.1. The SMILES string of the molecule is CCC(C)CC/C=C\C=C\C(=O)NCC(=O)NCC(=O)N[C@H](C(=O)N[C@@H](Cc1ccc(O)cc1)C(=O)N[C@H](C(=O)N[C@H](CC(C)C)C(=O)N[C@@H](C(N)=O)C(O)C(=O)O)[C@@H](C)O)C(O)C(=O)O. The molecule has 366 valence electrons. The Morgan fingerprint density at radius 2 is 1.18 bits per heavy atom. The second-order valence-corrected chi connectivity index (χ2v) is 15.7. The summed E-state index contributed by atoms with van der Waals surface area (Å²) in [6.07, 6.45) is 1.62. The van der Waals surface area contributed by atoms with Gasteiger partial charge >= 0.3 is 11.9 Å². The lowest BCUT2D eigenvalue weighted by Crippen LogP contribution is -2.63. The standard InChI is InChI=1S/C42H62N8O16/c1-6-22(4)11-9-7-8-10-12-28(53)44-19-29(54)45-20-30(55)48-33(35(57)42(65)66)40(62)47-27(18-24-13-15-25(52)16-14-24)38(60)49-31(23(5)51)39(61)46-26(17-21(2)3)37(59)50-32(36(43)58)34(56)41(63)64/h7-8,10,12-16,21-23,26-27,31-35,51-52,56-57H,6,9,11,17-20H2,1-5H3,(H2,43,58)(H,44,53)(H,45,54)(H,46,61)(H,47,62)(H,48,55)(H,49,60)(H,50,59)(H,63,64)(H,65,66)/b8-7-,12-10+/t22?,23-,26-,27+,31+,32-,33+,34?,35?/m1/s1. The number of rotatable bonds is 29. The number of aromatic hydroxyl groups is 1. The Kier molecular flexibility index (Phi) is 24.9. The summed E-state index contributed by atoms with van der Waals surface area (Å²) in [5.41, 5.74) is 5.41. The van der Waals surface area contributed by atoms with Gasteiger partial charge in [0.1, 0.15) is 36.0 Å². The molecule has 1 aromatic rings. The van der Waals surface area contributed by atoms with Crippen LogP contribution in [-0.4, -0.2) is 151 Å². The molecular formula is C42H62N8O16. The van der Waals surface area contributed by atoms with E-state index < -0.39 is 127 Å². The Labute approximate surface area is 380 Å². The lowest BCUT2D eigenvalue weighted by atomic mass is 10.0. The number of amides is 8. The summed E-state index contributed by atoms with van der Waals surface area (Å²) in [7, 11) is 0. The van der Waals surface area contributed by atoms with Crippen molar-refractivity contribution >= 4 is 59.2 Å². The van der Waals surface area contributed by atoms with Crippen molar-refractivity contribution < 1.29 is 78.6 Å². The third kappa shape index (κ3) is 21.2. The summed E-state index contributed by atoms with van der Waals surface area (Å²) in [6.45, 7) is 7.08. The summed E-state index contributed by atoms with van der Waals surface area (Å²) < 4.78 is 0. The zero-order valence-corrected chi connectivity index (χ0v) is 37.2. The van der Waals surface area contributed by atoms with Gasteiger partial charge in [-0.3, -0.25) is 38.4 Å². The van der Waals surface area contributed by atoms with Gasteiger partial charge in [0.05, 0.1) is 19.2 Å².